The lowest BCUT2D eigenvalue weighted by atomic mass is 9.71. The maximum atomic E-state index is 13.3. The molecule has 2 saturated heterocycles. The van der Waals surface area contributed by atoms with E-state index in [-0.39, 0.29) is 23.9 Å². The van der Waals surface area contributed by atoms with Crippen molar-refractivity contribution in [2.75, 3.05) is 6.79 Å². The van der Waals surface area contributed by atoms with E-state index in [1.54, 1.807) is 19.9 Å². The summed E-state index contributed by atoms with van der Waals surface area (Å²) in [5.41, 5.74) is -0.508. The highest BCUT2D eigenvalue weighted by atomic mass is 16.8. The van der Waals surface area contributed by atoms with Gasteiger partial charge in [0.2, 0.25) is 12.5 Å². The van der Waals surface area contributed by atoms with Gasteiger partial charge in [0.1, 0.15) is 23.9 Å². The molecule has 5 aliphatic rings. The molecule has 6 atom stereocenters. The lowest BCUT2D eigenvalue weighted by Gasteiger charge is -2.42. The average Bonchev–Trinajstić information content (AvgIpc) is 3.07. The Kier molecular flexibility index (Phi) is 3.78. The van der Waals surface area contributed by atoms with Gasteiger partial charge in [0, 0.05) is 19.4 Å². The van der Waals surface area contributed by atoms with Gasteiger partial charge in [-0.05, 0) is 19.9 Å². The SMILES string of the molecule is CC(=O)Oc1c2c(cc3c1C(=O)N[C@H]1[C@@H]4OC(C)(C)O[C@@H]4[C@@H](OC(C)=O)[C@H]4O[C@]341)OCO2. The first-order valence-corrected chi connectivity index (χ1v) is 10.3. The van der Waals surface area contributed by atoms with Crippen LogP contribution in [0.2, 0.25) is 0 Å². The van der Waals surface area contributed by atoms with Crippen LogP contribution in [0, 0.1) is 0 Å². The molecule has 32 heavy (non-hydrogen) atoms. The standard InChI is InChI=1S/C21H21NO10/c1-7(23)28-13-11-9(5-10-12(13)27-6-26-10)21-17(22-19(11)25)15-14(30-20(3,4)31-15)16(18(21)32-21)29-8(2)24/h5,14-18H,6H2,1-4H3,(H,22,25)/t14-,15+,16+,17-,18+,21-/m0/s1. The molecule has 3 fully saturated rings. The molecule has 6 rings (SSSR count). The molecule has 0 bridgehead atoms. The first-order chi connectivity index (χ1) is 15.1. The van der Waals surface area contributed by atoms with Crippen LogP contribution in [-0.2, 0) is 34.1 Å². The van der Waals surface area contributed by atoms with Crippen molar-refractivity contribution in [3.05, 3.63) is 17.2 Å². The Labute approximate surface area is 182 Å². The lowest BCUT2D eigenvalue weighted by molar-refractivity contribution is -0.171. The number of fused-ring (bicyclic) bond motifs is 4. The van der Waals surface area contributed by atoms with E-state index in [2.05, 4.69) is 5.32 Å². The van der Waals surface area contributed by atoms with Crippen LogP contribution in [0.1, 0.15) is 43.6 Å². The summed E-state index contributed by atoms with van der Waals surface area (Å²) in [6.07, 6.45) is -2.66. The van der Waals surface area contributed by atoms with Gasteiger partial charge in [-0.15, -0.1) is 0 Å². The van der Waals surface area contributed by atoms with E-state index >= 15 is 0 Å². The van der Waals surface area contributed by atoms with Crippen LogP contribution in [0.4, 0.5) is 0 Å². The fourth-order valence-corrected chi connectivity index (χ4v) is 5.38. The van der Waals surface area contributed by atoms with E-state index < -0.39 is 59.7 Å². The van der Waals surface area contributed by atoms with Crippen LogP contribution in [-0.4, -0.2) is 60.9 Å². The predicted octanol–water partition coefficient (Wildman–Crippen LogP) is 0.512. The number of nitrogens with one attached hydrogen (secondary N) is 1. The van der Waals surface area contributed by atoms with Gasteiger partial charge < -0.3 is 38.5 Å². The van der Waals surface area contributed by atoms with Crippen LogP contribution in [0.5, 0.6) is 17.2 Å². The van der Waals surface area contributed by atoms with Gasteiger partial charge in [-0.25, -0.2) is 0 Å². The minimum absolute atomic E-state index is 0.0304. The zero-order chi connectivity index (χ0) is 22.6. The van der Waals surface area contributed by atoms with Crippen molar-refractivity contribution < 1.29 is 47.5 Å². The highest BCUT2D eigenvalue weighted by molar-refractivity contribution is 6.03. The summed E-state index contributed by atoms with van der Waals surface area (Å²) < 4.78 is 40.3. The van der Waals surface area contributed by atoms with Crippen molar-refractivity contribution in [3.8, 4) is 17.2 Å². The number of esters is 2. The molecule has 4 heterocycles. The van der Waals surface area contributed by atoms with Crippen molar-refractivity contribution in [1.82, 2.24) is 5.32 Å². The molecule has 170 valence electrons. The summed E-state index contributed by atoms with van der Waals surface area (Å²) in [4.78, 5) is 36.9. The summed E-state index contributed by atoms with van der Waals surface area (Å²) in [6, 6.07) is 1.03. The van der Waals surface area contributed by atoms with E-state index in [1.807, 2.05) is 0 Å². The monoisotopic (exact) mass is 447 g/mol. The fourth-order valence-electron chi connectivity index (χ4n) is 5.38. The smallest absolute Gasteiger partial charge is 0.308 e. The van der Waals surface area contributed by atoms with Crippen molar-refractivity contribution in [1.29, 1.82) is 0 Å². The molecule has 0 unspecified atom stereocenters. The number of epoxide rings is 1. The topological polar surface area (TPSA) is 131 Å². The maximum Gasteiger partial charge on any atom is 0.308 e. The third-order valence-corrected chi connectivity index (χ3v) is 6.37. The molecule has 1 N–H and O–H groups in total. The minimum atomic E-state index is -1.08. The number of ether oxygens (including phenoxy) is 7. The average molecular weight is 447 g/mol. The van der Waals surface area contributed by atoms with Gasteiger partial charge in [-0.1, -0.05) is 0 Å². The predicted molar refractivity (Wildman–Crippen MR) is 101 cm³/mol. The van der Waals surface area contributed by atoms with Gasteiger partial charge >= 0.3 is 11.9 Å². The second-order valence-electron chi connectivity index (χ2n) is 8.88. The highest BCUT2D eigenvalue weighted by Crippen LogP contribution is 2.63. The number of carbonyl (C=O) groups excluding carboxylic acids is 3. The van der Waals surface area contributed by atoms with Gasteiger partial charge in [-0.3, -0.25) is 14.4 Å². The molecule has 0 aromatic heterocycles. The zero-order valence-corrected chi connectivity index (χ0v) is 17.8. The van der Waals surface area contributed by atoms with Crippen LogP contribution < -0.4 is 19.5 Å². The Morgan fingerprint density at radius 3 is 2.56 bits per heavy atom. The lowest BCUT2D eigenvalue weighted by Crippen LogP contribution is -2.65. The number of carbonyl (C=O) groups is 3. The molecular weight excluding hydrogens is 426 g/mol. The van der Waals surface area contributed by atoms with Gasteiger partial charge in [0.15, 0.2) is 23.4 Å². The zero-order valence-electron chi connectivity index (χ0n) is 17.8. The van der Waals surface area contributed by atoms with Crippen LogP contribution in [0.3, 0.4) is 0 Å². The molecular formula is C21H21NO10. The normalized spacial score (nSPS) is 36.8. The molecule has 1 aromatic carbocycles. The van der Waals surface area contributed by atoms with Gasteiger partial charge in [0.05, 0.1) is 11.6 Å². The molecule has 1 spiro atoms. The van der Waals surface area contributed by atoms with Crippen molar-refractivity contribution >= 4 is 17.8 Å². The van der Waals surface area contributed by atoms with Crippen molar-refractivity contribution in [3.63, 3.8) is 0 Å². The van der Waals surface area contributed by atoms with Crippen molar-refractivity contribution in [2.45, 2.75) is 69.5 Å². The summed E-state index contributed by atoms with van der Waals surface area (Å²) in [5, 5.41) is 2.95. The Balaban J connectivity index is 1.53. The van der Waals surface area contributed by atoms with E-state index in [0.29, 0.717) is 11.3 Å². The fraction of sp³-hybridized carbons (Fsp3) is 0.571. The largest absolute Gasteiger partial charge is 0.457 e. The summed E-state index contributed by atoms with van der Waals surface area (Å²) in [5.74, 6) is -2.06. The first-order valence-electron chi connectivity index (χ1n) is 10.3. The number of amides is 1. The van der Waals surface area contributed by atoms with Crippen LogP contribution in [0.25, 0.3) is 0 Å². The maximum absolute atomic E-state index is 13.3. The Bertz CT molecular complexity index is 1080. The molecule has 4 aliphatic heterocycles. The summed E-state index contributed by atoms with van der Waals surface area (Å²) in [7, 11) is 0. The van der Waals surface area contributed by atoms with E-state index in [0.717, 1.165) is 0 Å². The second kappa shape index (κ2) is 6.12. The van der Waals surface area contributed by atoms with E-state index in [9.17, 15) is 14.4 Å². The molecule has 1 saturated carbocycles. The Morgan fingerprint density at radius 2 is 1.84 bits per heavy atom. The minimum Gasteiger partial charge on any atom is -0.457 e. The number of hydrogen-bond acceptors (Lipinski definition) is 10. The van der Waals surface area contributed by atoms with Crippen LogP contribution in [0.15, 0.2) is 6.07 Å². The van der Waals surface area contributed by atoms with E-state index in [4.69, 9.17) is 33.2 Å². The van der Waals surface area contributed by atoms with Crippen molar-refractivity contribution in [2.24, 2.45) is 0 Å². The second-order valence-corrected chi connectivity index (χ2v) is 8.88. The quantitative estimate of drug-likeness (QED) is 0.389. The Hall–Kier alpha value is -2.89. The first kappa shape index (κ1) is 19.8. The number of hydrogen-bond donors (Lipinski definition) is 1. The highest BCUT2D eigenvalue weighted by Gasteiger charge is 2.79. The number of benzene rings is 1. The third kappa shape index (κ3) is 2.49. The molecule has 1 aliphatic carbocycles. The third-order valence-electron chi connectivity index (χ3n) is 6.37. The molecule has 0 radical (unpaired) electrons. The van der Waals surface area contributed by atoms with Gasteiger partial charge in [0.25, 0.3) is 5.91 Å². The number of rotatable bonds is 2. The summed E-state index contributed by atoms with van der Waals surface area (Å²) >= 11 is 0. The summed E-state index contributed by atoms with van der Waals surface area (Å²) in [6.45, 7) is 5.97. The molecule has 1 amide bonds. The molecule has 11 nitrogen and oxygen atoms in total. The Morgan fingerprint density at radius 1 is 1.09 bits per heavy atom. The van der Waals surface area contributed by atoms with E-state index in [1.165, 1.54) is 13.8 Å². The molecule has 11 heteroatoms. The molecule has 1 aromatic rings. The van der Waals surface area contributed by atoms with Crippen LogP contribution >= 0.6 is 0 Å². The van der Waals surface area contributed by atoms with Gasteiger partial charge in [-0.2, -0.15) is 0 Å².